The first kappa shape index (κ1) is 20.3. The molecular weight excluding hydrogens is 409 g/mol. The molecule has 30 heavy (non-hydrogen) atoms. The molecule has 1 aliphatic carbocycles. The summed E-state index contributed by atoms with van der Waals surface area (Å²) in [7, 11) is 0. The van der Waals surface area contributed by atoms with Crippen LogP contribution in [0.3, 0.4) is 0 Å². The second kappa shape index (κ2) is 8.38. The standard InChI is InChI=1S/C22H19ClFN3O3/c23-15-8-6-13(7-9-15)19-11-18(21(29)25-12-20(28)14-4-5-14)22(30)27(26-19)17-3-1-2-16(24)10-17/h1-3,6-11,14,20,28H,4-5,12H2,(H,25,29). The van der Waals surface area contributed by atoms with Crippen molar-refractivity contribution in [1.29, 1.82) is 0 Å². The number of nitrogens with zero attached hydrogens (tertiary/aromatic N) is 2. The van der Waals surface area contributed by atoms with Crippen LogP contribution in [-0.4, -0.2) is 33.4 Å². The maximum Gasteiger partial charge on any atom is 0.284 e. The molecule has 1 atom stereocenters. The van der Waals surface area contributed by atoms with Gasteiger partial charge < -0.3 is 10.4 Å². The van der Waals surface area contributed by atoms with Crippen molar-refractivity contribution in [3.05, 3.63) is 81.4 Å². The molecule has 0 saturated heterocycles. The van der Waals surface area contributed by atoms with Crippen LogP contribution in [0.4, 0.5) is 4.39 Å². The SMILES string of the molecule is O=C(NCC(O)C1CC1)c1cc(-c2ccc(Cl)cc2)nn(-c2cccc(F)c2)c1=O. The lowest BCUT2D eigenvalue weighted by Crippen LogP contribution is -2.38. The summed E-state index contributed by atoms with van der Waals surface area (Å²) in [6.45, 7) is 0.0570. The zero-order chi connectivity index (χ0) is 21.3. The number of nitrogens with one attached hydrogen (secondary N) is 1. The van der Waals surface area contributed by atoms with Crippen molar-refractivity contribution in [2.75, 3.05) is 6.54 Å². The first-order valence-electron chi connectivity index (χ1n) is 9.55. The number of aliphatic hydroxyl groups is 1. The molecule has 154 valence electrons. The van der Waals surface area contributed by atoms with E-state index in [4.69, 9.17) is 11.6 Å². The molecule has 8 heteroatoms. The van der Waals surface area contributed by atoms with Crippen molar-refractivity contribution in [3.8, 4) is 16.9 Å². The first-order valence-corrected chi connectivity index (χ1v) is 9.92. The molecule has 6 nitrogen and oxygen atoms in total. The molecule has 0 aliphatic heterocycles. The predicted octanol–water partition coefficient (Wildman–Crippen LogP) is 3.19. The lowest BCUT2D eigenvalue weighted by atomic mass is 10.1. The summed E-state index contributed by atoms with van der Waals surface area (Å²) in [5, 5.41) is 17.5. The monoisotopic (exact) mass is 427 g/mol. The van der Waals surface area contributed by atoms with Gasteiger partial charge in [0.15, 0.2) is 0 Å². The lowest BCUT2D eigenvalue weighted by molar-refractivity contribution is 0.0899. The van der Waals surface area contributed by atoms with Gasteiger partial charge in [-0.05, 0) is 55.2 Å². The molecule has 0 spiro atoms. The average molecular weight is 428 g/mol. The van der Waals surface area contributed by atoms with E-state index in [1.54, 1.807) is 24.3 Å². The normalized spacial score (nSPS) is 14.4. The zero-order valence-electron chi connectivity index (χ0n) is 15.9. The van der Waals surface area contributed by atoms with Crippen molar-refractivity contribution in [3.63, 3.8) is 0 Å². The molecule has 1 aromatic heterocycles. The minimum absolute atomic E-state index is 0.0570. The summed E-state index contributed by atoms with van der Waals surface area (Å²) in [6, 6.07) is 13.6. The van der Waals surface area contributed by atoms with Gasteiger partial charge in [0, 0.05) is 17.1 Å². The van der Waals surface area contributed by atoms with Gasteiger partial charge in [-0.15, -0.1) is 0 Å². The fraction of sp³-hybridized carbons (Fsp3) is 0.227. The largest absolute Gasteiger partial charge is 0.391 e. The maximum absolute atomic E-state index is 13.7. The topological polar surface area (TPSA) is 84.2 Å². The number of halogens is 2. The molecule has 1 fully saturated rings. The van der Waals surface area contributed by atoms with Gasteiger partial charge in [0.2, 0.25) is 0 Å². The van der Waals surface area contributed by atoms with Gasteiger partial charge in [0.05, 0.1) is 17.5 Å². The third-order valence-electron chi connectivity index (χ3n) is 4.99. The minimum atomic E-state index is -0.684. The smallest absolute Gasteiger partial charge is 0.284 e. The van der Waals surface area contributed by atoms with Crippen LogP contribution in [0.25, 0.3) is 16.9 Å². The third-order valence-corrected chi connectivity index (χ3v) is 5.24. The van der Waals surface area contributed by atoms with Crippen LogP contribution in [0, 0.1) is 11.7 Å². The molecule has 1 unspecified atom stereocenters. The Balaban J connectivity index is 1.76. The van der Waals surface area contributed by atoms with Gasteiger partial charge in [-0.25, -0.2) is 4.39 Å². The Morgan fingerprint density at radius 3 is 2.63 bits per heavy atom. The van der Waals surface area contributed by atoms with Crippen LogP contribution >= 0.6 is 11.6 Å². The minimum Gasteiger partial charge on any atom is -0.391 e. The van der Waals surface area contributed by atoms with Crippen LogP contribution in [0.2, 0.25) is 5.02 Å². The van der Waals surface area contributed by atoms with E-state index in [1.165, 1.54) is 30.3 Å². The van der Waals surface area contributed by atoms with Gasteiger partial charge in [0.1, 0.15) is 11.4 Å². The molecule has 1 aliphatic rings. The van der Waals surface area contributed by atoms with E-state index in [-0.39, 0.29) is 23.7 Å². The van der Waals surface area contributed by atoms with E-state index in [1.807, 2.05) is 0 Å². The van der Waals surface area contributed by atoms with E-state index in [0.717, 1.165) is 17.5 Å². The molecule has 0 radical (unpaired) electrons. The predicted molar refractivity (Wildman–Crippen MR) is 111 cm³/mol. The number of benzene rings is 2. The van der Waals surface area contributed by atoms with Crippen LogP contribution in [-0.2, 0) is 0 Å². The van der Waals surface area contributed by atoms with E-state index in [2.05, 4.69) is 10.4 Å². The van der Waals surface area contributed by atoms with Crippen molar-refractivity contribution in [2.45, 2.75) is 18.9 Å². The Kier molecular flexibility index (Phi) is 5.65. The molecule has 2 aromatic carbocycles. The number of aliphatic hydroxyl groups excluding tert-OH is 1. The van der Waals surface area contributed by atoms with E-state index < -0.39 is 23.4 Å². The quantitative estimate of drug-likeness (QED) is 0.632. The number of hydrogen-bond acceptors (Lipinski definition) is 4. The number of amides is 1. The van der Waals surface area contributed by atoms with Crippen molar-refractivity contribution >= 4 is 17.5 Å². The van der Waals surface area contributed by atoms with E-state index in [0.29, 0.717) is 16.3 Å². The van der Waals surface area contributed by atoms with Crippen molar-refractivity contribution < 1.29 is 14.3 Å². The highest BCUT2D eigenvalue weighted by Gasteiger charge is 2.30. The Morgan fingerprint density at radius 2 is 1.97 bits per heavy atom. The summed E-state index contributed by atoms with van der Waals surface area (Å²) >= 11 is 5.95. The van der Waals surface area contributed by atoms with Crippen LogP contribution in [0.5, 0.6) is 0 Å². The highest BCUT2D eigenvalue weighted by molar-refractivity contribution is 6.30. The Bertz CT molecular complexity index is 1140. The summed E-state index contributed by atoms with van der Waals surface area (Å²) in [5.74, 6) is -0.963. The van der Waals surface area contributed by atoms with Gasteiger partial charge in [-0.3, -0.25) is 9.59 Å². The molecule has 1 heterocycles. The molecule has 4 rings (SSSR count). The number of rotatable bonds is 6. The second-order valence-electron chi connectivity index (χ2n) is 7.26. The fourth-order valence-electron chi connectivity index (χ4n) is 3.14. The van der Waals surface area contributed by atoms with Crippen molar-refractivity contribution in [1.82, 2.24) is 15.1 Å². The first-order chi connectivity index (χ1) is 14.4. The number of aromatic nitrogens is 2. The maximum atomic E-state index is 13.7. The van der Waals surface area contributed by atoms with E-state index >= 15 is 0 Å². The van der Waals surface area contributed by atoms with E-state index in [9.17, 15) is 19.1 Å². The molecular formula is C22H19ClFN3O3. The fourth-order valence-corrected chi connectivity index (χ4v) is 3.27. The molecule has 1 saturated carbocycles. The highest BCUT2D eigenvalue weighted by atomic mass is 35.5. The summed E-state index contributed by atoms with van der Waals surface area (Å²) in [4.78, 5) is 25.7. The second-order valence-corrected chi connectivity index (χ2v) is 7.70. The van der Waals surface area contributed by atoms with Gasteiger partial charge in [-0.2, -0.15) is 9.78 Å². The lowest BCUT2D eigenvalue weighted by Gasteiger charge is -2.13. The van der Waals surface area contributed by atoms with Crippen LogP contribution in [0.15, 0.2) is 59.4 Å². The van der Waals surface area contributed by atoms with Gasteiger partial charge >= 0.3 is 0 Å². The summed E-state index contributed by atoms with van der Waals surface area (Å²) in [6.07, 6.45) is 1.22. The highest BCUT2D eigenvalue weighted by Crippen LogP contribution is 2.32. The molecule has 2 N–H and O–H groups in total. The zero-order valence-corrected chi connectivity index (χ0v) is 16.6. The Labute approximate surface area is 176 Å². The molecule has 1 amide bonds. The Hall–Kier alpha value is -3.03. The number of carbonyl (C=O) groups excluding carboxylic acids is 1. The van der Waals surface area contributed by atoms with Gasteiger partial charge in [-0.1, -0.05) is 29.8 Å². The van der Waals surface area contributed by atoms with Gasteiger partial charge in [0.25, 0.3) is 11.5 Å². The van der Waals surface area contributed by atoms with Crippen LogP contribution < -0.4 is 10.9 Å². The van der Waals surface area contributed by atoms with Crippen LogP contribution in [0.1, 0.15) is 23.2 Å². The summed E-state index contributed by atoms with van der Waals surface area (Å²) in [5.41, 5.74) is 0.349. The number of carbonyl (C=O) groups is 1. The third kappa shape index (κ3) is 4.42. The molecule has 0 bridgehead atoms. The molecule has 3 aromatic rings. The Morgan fingerprint density at radius 1 is 1.23 bits per heavy atom. The average Bonchev–Trinajstić information content (AvgIpc) is 3.58. The number of hydrogen-bond donors (Lipinski definition) is 2. The van der Waals surface area contributed by atoms with Crippen molar-refractivity contribution in [2.24, 2.45) is 5.92 Å². The summed E-state index contributed by atoms with van der Waals surface area (Å²) < 4.78 is 14.7.